The molecule has 3 heteroatoms. The maximum absolute atomic E-state index is 7.38. The van der Waals surface area contributed by atoms with Gasteiger partial charge in [-0.15, -0.1) is 0 Å². The van der Waals surface area contributed by atoms with Crippen LogP contribution in [0.1, 0.15) is 20.8 Å². The van der Waals surface area contributed by atoms with Crippen molar-refractivity contribution in [2.45, 2.75) is 26.3 Å². The van der Waals surface area contributed by atoms with Crippen molar-refractivity contribution in [3.05, 3.63) is 5.84 Å². The molecule has 0 amide bonds. The van der Waals surface area contributed by atoms with Crippen LogP contribution in [0.25, 0.3) is 5.84 Å². The minimum Gasteiger partial charge on any atom is -0.609 e. The summed E-state index contributed by atoms with van der Waals surface area (Å²) in [5.74, 6) is 7.38. The Kier molecular flexibility index (Phi) is 3.11. The lowest BCUT2D eigenvalue weighted by Gasteiger charge is -2.40. The lowest BCUT2D eigenvalue weighted by molar-refractivity contribution is 0.212. The maximum atomic E-state index is 7.38. The van der Waals surface area contributed by atoms with Crippen LogP contribution in [0.3, 0.4) is 0 Å². The summed E-state index contributed by atoms with van der Waals surface area (Å²) < 4.78 is 0. The predicted molar refractivity (Wildman–Crippen MR) is 39.8 cm³/mol. The van der Waals surface area contributed by atoms with Crippen molar-refractivity contribution in [2.75, 3.05) is 13.1 Å². The highest BCUT2D eigenvalue weighted by Crippen LogP contribution is 2.10. The van der Waals surface area contributed by atoms with Gasteiger partial charge in [-0.05, 0) is 32.9 Å². The second kappa shape index (κ2) is 3.15. The Balaban J connectivity index is 3.59. The van der Waals surface area contributed by atoms with Crippen LogP contribution in [-0.4, -0.2) is 23.6 Å². The average molecular weight is 130 g/mol. The molecular weight excluding hydrogens is 114 g/mol. The lowest BCUT2D eigenvalue weighted by atomic mass is 10.1. The third kappa shape index (κ3) is 3.46. The third-order valence-corrected chi connectivity index (χ3v) is 1.16. The molecule has 0 aliphatic heterocycles. The van der Waals surface area contributed by atoms with Gasteiger partial charge in [-0.25, -0.2) is 0 Å². The monoisotopic (exact) mass is 130 g/mol. The molecule has 0 aromatic rings. The largest absolute Gasteiger partial charge is 0.609 e. The number of nitrogens with zero attached hydrogens (tertiary/aromatic N) is 1. The van der Waals surface area contributed by atoms with E-state index < -0.39 is 0 Å². The first-order valence-corrected chi connectivity index (χ1v) is 3.17. The van der Waals surface area contributed by atoms with Gasteiger partial charge in [0, 0.05) is 6.54 Å². The summed E-state index contributed by atoms with van der Waals surface area (Å²) in [7, 11) is 0. The van der Waals surface area contributed by atoms with Crippen molar-refractivity contribution in [1.82, 2.24) is 5.01 Å². The van der Waals surface area contributed by atoms with Crippen LogP contribution in [-0.2, 0) is 0 Å². The van der Waals surface area contributed by atoms with Crippen LogP contribution in [0.15, 0.2) is 0 Å². The summed E-state index contributed by atoms with van der Waals surface area (Å²) in [6, 6.07) is 0. The molecule has 0 bridgehead atoms. The molecule has 0 spiro atoms. The Bertz CT molecular complexity index is 74.9. The molecule has 0 saturated carbocycles. The number of hydrogen-bond acceptors (Lipinski definition) is 2. The molecule has 0 unspecified atom stereocenters. The van der Waals surface area contributed by atoms with E-state index in [4.69, 9.17) is 11.6 Å². The smallest absolute Gasteiger partial charge is 0.00366 e. The number of nitrogens with two attached hydrogens (primary N) is 1. The van der Waals surface area contributed by atoms with Gasteiger partial charge in [-0.2, -0.15) is 0 Å². The van der Waals surface area contributed by atoms with Crippen LogP contribution in [0.4, 0.5) is 0 Å². The first-order valence-electron chi connectivity index (χ1n) is 3.17. The summed E-state index contributed by atoms with van der Waals surface area (Å²) in [6.45, 7) is 7.19. The Morgan fingerprint density at radius 1 is 1.44 bits per heavy atom. The Hall–Kier alpha value is -0.120. The molecule has 0 rings (SSSR count). The van der Waals surface area contributed by atoms with E-state index in [-0.39, 0.29) is 5.54 Å². The van der Waals surface area contributed by atoms with Gasteiger partial charge in [0.15, 0.2) is 0 Å². The fourth-order valence-electron chi connectivity index (χ4n) is 0.465. The first kappa shape index (κ1) is 8.88. The van der Waals surface area contributed by atoms with Gasteiger partial charge in [0.05, 0.1) is 0 Å². The second-order valence-corrected chi connectivity index (χ2v) is 3.11. The van der Waals surface area contributed by atoms with Gasteiger partial charge in [0.25, 0.3) is 0 Å². The van der Waals surface area contributed by atoms with Gasteiger partial charge in [-0.3, -0.25) is 0 Å². The van der Waals surface area contributed by atoms with Crippen molar-refractivity contribution in [1.29, 1.82) is 0 Å². The Morgan fingerprint density at radius 2 is 1.89 bits per heavy atom. The molecule has 0 fully saturated rings. The van der Waals surface area contributed by atoms with Crippen molar-refractivity contribution in [3.63, 3.8) is 0 Å². The average Bonchev–Trinajstić information content (AvgIpc) is 1.64. The second-order valence-electron chi connectivity index (χ2n) is 3.11. The number of nitrogens with one attached hydrogen (secondary N) is 1. The van der Waals surface area contributed by atoms with Crippen LogP contribution >= 0.6 is 0 Å². The molecule has 3 N–H and O–H groups in total. The molecule has 3 nitrogen and oxygen atoms in total. The highest BCUT2D eigenvalue weighted by Gasteiger charge is 2.09. The molecule has 0 heterocycles. The van der Waals surface area contributed by atoms with Crippen molar-refractivity contribution in [2.24, 2.45) is 5.73 Å². The molecular formula is C6H16N3-. The molecule has 56 valence electrons. The molecule has 0 aliphatic rings. The van der Waals surface area contributed by atoms with Crippen molar-refractivity contribution in [3.8, 4) is 0 Å². The molecule has 0 atom stereocenters. The van der Waals surface area contributed by atoms with E-state index in [0.29, 0.717) is 13.1 Å². The predicted octanol–water partition coefficient (Wildman–Crippen LogP) is 1.01. The minimum atomic E-state index is -0.0701. The molecule has 9 heavy (non-hydrogen) atoms. The summed E-state index contributed by atoms with van der Waals surface area (Å²) in [6.07, 6.45) is 0. The van der Waals surface area contributed by atoms with Gasteiger partial charge in [-0.1, -0.05) is 0 Å². The van der Waals surface area contributed by atoms with Gasteiger partial charge < -0.3 is 16.6 Å². The number of rotatable bonds is 2. The highest BCUT2D eigenvalue weighted by atomic mass is 15.4. The third-order valence-electron chi connectivity index (χ3n) is 1.16. The fraction of sp³-hybridized carbons (Fsp3) is 1.00. The molecule has 0 aromatic carbocycles. The molecule has 0 aromatic heterocycles. The lowest BCUT2D eigenvalue weighted by Crippen LogP contribution is -2.38. The van der Waals surface area contributed by atoms with E-state index in [1.54, 1.807) is 0 Å². The maximum Gasteiger partial charge on any atom is 0.00366 e. The highest BCUT2D eigenvalue weighted by molar-refractivity contribution is 4.75. The van der Waals surface area contributed by atoms with E-state index in [0.717, 1.165) is 0 Å². The standard InChI is InChI=1S/C6H16N3/c1-6(2,3)9(8)5-4-7/h8H,4-5,7H2,1-3H3/q-1. The fourth-order valence-corrected chi connectivity index (χ4v) is 0.465. The molecule has 0 radical (unpaired) electrons. The van der Waals surface area contributed by atoms with Crippen LogP contribution in [0.5, 0.6) is 0 Å². The zero-order valence-corrected chi connectivity index (χ0v) is 6.44. The molecule has 0 aliphatic carbocycles. The zero-order valence-electron chi connectivity index (χ0n) is 6.44. The van der Waals surface area contributed by atoms with Gasteiger partial charge in [0.2, 0.25) is 0 Å². The number of hydrogen-bond donors (Lipinski definition) is 1. The Morgan fingerprint density at radius 3 is 2.00 bits per heavy atom. The van der Waals surface area contributed by atoms with E-state index in [1.165, 1.54) is 5.01 Å². The molecule has 0 saturated heterocycles. The SMILES string of the molecule is CC(C)(C)N([NH-])CCN. The van der Waals surface area contributed by atoms with E-state index >= 15 is 0 Å². The summed E-state index contributed by atoms with van der Waals surface area (Å²) in [5.41, 5.74) is 5.19. The summed E-state index contributed by atoms with van der Waals surface area (Å²) >= 11 is 0. The van der Waals surface area contributed by atoms with E-state index in [2.05, 4.69) is 0 Å². The quantitative estimate of drug-likeness (QED) is 0.567. The summed E-state index contributed by atoms with van der Waals surface area (Å²) in [5, 5.41) is 1.49. The minimum absolute atomic E-state index is 0.0701. The van der Waals surface area contributed by atoms with E-state index in [9.17, 15) is 0 Å². The zero-order chi connectivity index (χ0) is 7.49. The van der Waals surface area contributed by atoms with Crippen LogP contribution in [0, 0.1) is 0 Å². The topological polar surface area (TPSA) is 53.1 Å². The van der Waals surface area contributed by atoms with Gasteiger partial charge in [0.1, 0.15) is 0 Å². The van der Waals surface area contributed by atoms with Crippen LogP contribution in [0.2, 0.25) is 0 Å². The first-order chi connectivity index (χ1) is 3.98. The van der Waals surface area contributed by atoms with Crippen LogP contribution < -0.4 is 5.73 Å². The summed E-state index contributed by atoms with van der Waals surface area (Å²) in [4.78, 5) is 0. The Labute approximate surface area is 57.0 Å². The van der Waals surface area contributed by atoms with E-state index in [1.807, 2.05) is 20.8 Å². The van der Waals surface area contributed by atoms with Crippen molar-refractivity contribution >= 4 is 0 Å². The van der Waals surface area contributed by atoms with Gasteiger partial charge >= 0.3 is 0 Å². The van der Waals surface area contributed by atoms with Crippen molar-refractivity contribution < 1.29 is 0 Å². The normalized spacial score (nSPS) is 12.7.